The van der Waals surface area contributed by atoms with Crippen LogP contribution < -0.4 is 5.56 Å². The molecule has 5 rings (SSSR count). The van der Waals surface area contributed by atoms with Gasteiger partial charge in [-0.2, -0.15) is 4.31 Å². The number of halogens is 1. The summed E-state index contributed by atoms with van der Waals surface area (Å²) in [6.07, 6.45) is 0.114. The van der Waals surface area contributed by atoms with Crippen LogP contribution in [0.4, 0.5) is 0 Å². The summed E-state index contributed by atoms with van der Waals surface area (Å²) >= 11 is 5.96. The lowest BCUT2D eigenvalue weighted by atomic mass is 10.1. The number of carbonyl (C=O) groups is 1. The zero-order chi connectivity index (χ0) is 25.5. The average Bonchev–Trinajstić information content (AvgIpc) is 3.50. The van der Waals surface area contributed by atoms with E-state index in [2.05, 4.69) is 10.2 Å². The van der Waals surface area contributed by atoms with Gasteiger partial charge in [0.25, 0.3) is 5.56 Å². The molecule has 0 bridgehead atoms. The number of H-pyrrole nitrogens is 2. The maximum atomic E-state index is 13.9. The third-order valence-corrected chi connectivity index (χ3v) is 8.69. The molecule has 0 amide bonds. The first-order valence-electron chi connectivity index (χ1n) is 11.2. The third kappa shape index (κ3) is 4.26. The molecule has 36 heavy (non-hydrogen) atoms. The summed E-state index contributed by atoms with van der Waals surface area (Å²) in [5.41, 5.74) is 0.520. The molecule has 0 saturated heterocycles. The number of carboxylic acids is 1. The summed E-state index contributed by atoms with van der Waals surface area (Å²) < 4.78 is 28.9. The number of nitrogens with zero attached hydrogens (tertiary/aromatic N) is 1. The molecule has 3 aromatic carbocycles. The Morgan fingerprint density at radius 3 is 2.14 bits per heavy atom. The zero-order valence-electron chi connectivity index (χ0n) is 18.9. The molecule has 0 unspecified atom stereocenters. The summed E-state index contributed by atoms with van der Waals surface area (Å²) in [5.74, 6) is -1.78. The lowest BCUT2D eigenvalue weighted by molar-refractivity contribution is -0.143. The van der Waals surface area contributed by atoms with Crippen LogP contribution in [0.3, 0.4) is 0 Å². The number of sulfonamides is 1. The van der Waals surface area contributed by atoms with Gasteiger partial charge in [-0.15, -0.1) is 0 Å². The first kappa shape index (κ1) is 24.1. The summed E-state index contributed by atoms with van der Waals surface area (Å²) in [6.45, 7) is -0.310. The van der Waals surface area contributed by atoms with Gasteiger partial charge in [-0.05, 0) is 47.4 Å². The fraction of sp³-hybridized carbons (Fsp3) is 0.154. The fourth-order valence-electron chi connectivity index (χ4n) is 4.59. The van der Waals surface area contributed by atoms with Crippen molar-refractivity contribution >= 4 is 27.6 Å². The van der Waals surface area contributed by atoms with Gasteiger partial charge in [-0.1, -0.05) is 66.2 Å². The first-order valence-corrected chi connectivity index (χ1v) is 13.0. The number of nitrogens with one attached hydrogen (secondary N) is 2. The second kappa shape index (κ2) is 9.09. The molecular weight excluding hydrogens is 502 g/mol. The SMILES string of the molecule is O=C(O)[C@@]1(N(Cc2cc(=O)[nH][nH]2)S(=O)(=O)c2ccc(-c3ccc(Cl)cc3)cc2)C[C@H]1c1ccccc1. The summed E-state index contributed by atoms with van der Waals surface area (Å²) in [6, 6.07) is 23.6. The number of hydrogen-bond acceptors (Lipinski definition) is 4. The molecule has 1 fully saturated rings. The minimum absolute atomic E-state index is 0.0440. The van der Waals surface area contributed by atoms with E-state index in [1.807, 2.05) is 18.2 Å². The standard InChI is InChI=1S/C26H22ClN3O5S/c27-20-10-6-17(7-11-20)18-8-12-22(13-9-18)36(34,35)30(16-21-14-24(31)29-28-21)26(25(32)33)15-23(26)19-4-2-1-3-5-19/h1-14,23H,15-16H2,(H,32,33)(H2,28,29,31)/t23-,26+/m0/s1. The lowest BCUT2D eigenvalue weighted by Crippen LogP contribution is -2.48. The molecule has 3 N–H and O–H groups in total. The van der Waals surface area contributed by atoms with Crippen LogP contribution in [0.1, 0.15) is 23.6 Å². The van der Waals surface area contributed by atoms with Crippen molar-refractivity contribution in [2.24, 2.45) is 0 Å². The summed E-state index contributed by atoms with van der Waals surface area (Å²) in [4.78, 5) is 24.3. The van der Waals surface area contributed by atoms with Crippen LogP contribution in [0.2, 0.25) is 5.02 Å². The van der Waals surface area contributed by atoms with E-state index in [1.54, 1.807) is 48.5 Å². The van der Waals surface area contributed by atoms with Crippen molar-refractivity contribution in [2.45, 2.75) is 29.3 Å². The molecule has 8 nitrogen and oxygen atoms in total. The van der Waals surface area contributed by atoms with E-state index in [4.69, 9.17) is 11.6 Å². The average molecular weight is 524 g/mol. The molecule has 0 radical (unpaired) electrons. The zero-order valence-corrected chi connectivity index (χ0v) is 20.5. The Morgan fingerprint density at radius 1 is 0.972 bits per heavy atom. The van der Waals surface area contributed by atoms with Gasteiger partial charge in [0.1, 0.15) is 5.54 Å². The van der Waals surface area contributed by atoms with Crippen LogP contribution in [-0.4, -0.2) is 39.5 Å². The highest BCUT2D eigenvalue weighted by molar-refractivity contribution is 7.89. The van der Waals surface area contributed by atoms with Gasteiger partial charge < -0.3 is 10.2 Å². The lowest BCUT2D eigenvalue weighted by Gasteiger charge is -2.29. The molecular formula is C26H22ClN3O5S. The maximum Gasteiger partial charge on any atom is 0.325 e. The van der Waals surface area contributed by atoms with Crippen LogP contribution in [0.25, 0.3) is 11.1 Å². The number of aromatic nitrogens is 2. The van der Waals surface area contributed by atoms with Crippen molar-refractivity contribution < 1.29 is 18.3 Å². The van der Waals surface area contributed by atoms with E-state index in [-0.39, 0.29) is 23.6 Å². The molecule has 1 aromatic heterocycles. The number of aliphatic carboxylic acids is 1. The molecule has 10 heteroatoms. The van der Waals surface area contributed by atoms with Gasteiger partial charge in [0.05, 0.1) is 17.1 Å². The second-order valence-corrected chi connectivity index (χ2v) is 11.0. The van der Waals surface area contributed by atoms with Gasteiger partial charge in [0, 0.05) is 17.0 Å². The van der Waals surface area contributed by atoms with Crippen molar-refractivity contribution in [2.75, 3.05) is 0 Å². The van der Waals surface area contributed by atoms with Crippen LogP contribution >= 0.6 is 11.6 Å². The molecule has 1 aliphatic carbocycles. The van der Waals surface area contributed by atoms with Crippen molar-refractivity contribution in [1.29, 1.82) is 0 Å². The van der Waals surface area contributed by atoms with E-state index in [0.29, 0.717) is 5.02 Å². The van der Waals surface area contributed by atoms with E-state index < -0.39 is 33.0 Å². The number of hydrogen-bond donors (Lipinski definition) is 3. The second-order valence-electron chi connectivity index (χ2n) is 8.72. The number of rotatable bonds is 8. The van der Waals surface area contributed by atoms with Crippen LogP contribution in [0.15, 0.2) is 94.6 Å². The Bertz CT molecular complexity index is 1560. The van der Waals surface area contributed by atoms with E-state index in [1.165, 1.54) is 18.2 Å². The Hall–Kier alpha value is -3.66. The number of benzene rings is 3. The van der Waals surface area contributed by atoms with Crippen molar-refractivity contribution in [3.63, 3.8) is 0 Å². The Labute approximate surface area is 212 Å². The Kier molecular flexibility index (Phi) is 6.07. The predicted molar refractivity (Wildman–Crippen MR) is 135 cm³/mol. The van der Waals surface area contributed by atoms with Gasteiger partial charge in [-0.3, -0.25) is 14.7 Å². The maximum absolute atomic E-state index is 13.9. The van der Waals surface area contributed by atoms with E-state index in [0.717, 1.165) is 21.0 Å². The van der Waals surface area contributed by atoms with Gasteiger partial charge in [-0.25, -0.2) is 8.42 Å². The largest absolute Gasteiger partial charge is 0.480 e. The van der Waals surface area contributed by atoms with Crippen LogP contribution in [0, 0.1) is 0 Å². The van der Waals surface area contributed by atoms with E-state index in [9.17, 15) is 23.1 Å². The van der Waals surface area contributed by atoms with Crippen LogP contribution in [0.5, 0.6) is 0 Å². The Morgan fingerprint density at radius 2 is 1.58 bits per heavy atom. The van der Waals surface area contributed by atoms with E-state index >= 15 is 0 Å². The molecule has 0 aliphatic heterocycles. The number of carboxylic acid groups (broad SMARTS) is 1. The van der Waals surface area contributed by atoms with Gasteiger partial charge in [0.2, 0.25) is 10.0 Å². The third-order valence-electron chi connectivity index (χ3n) is 6.53. The molecule has 0 spiro atoms. The van der Waals surface area contributed by atoms with Crippen molar-refractivity contribution in [1.82, 2.24) is 14.5 Å². The summed E-state index contributed by atoms with van der Waals surface area (Å²) in [5, 5.41) is 15.9. The van der Waals surface area contributed by atoms with Crippen LogP contribution in [-0.2, 0) is 21.4 Å². The molecule has 1 heterocycles. The highest BCUT2D eigenvalue weighted by atomic mass is 35.5. The normalized spacial score (nSPS) is 19.3. The molecule has 1 saturated carbocycles. The minimum atomic E-state index is -4.28. The topological polar surface area (TPSA) is 123 Å². The van der Waals surface area contributed by atoms with Crippen molar-refractivity contribution in [3.05, 3.63) is 112 Å². The summed E-state index contributed by atoms with van der Waals surface area (Å²) in [7, 11) is -4.28. The first-order chi connectivity index (χ1) is 17.2. The fourth-order valence-corrected chi connectivity index (χ4v) is 6.47. The van der Waals surface area contributed by atoms with Gasteiger partial charge in [0.15, 0.2) is 0 Å². The molecule has 4 aromatic rings. The molecule has 184 valence electrons. The highest BCUT2D eigenvalue weighted by Crippen LogP contribution is 2.57. The quantitative estimate of drug-likeness (QED) is 0.319. The minimum Gasteiger partial charge on any atom is -0.480 e. The van der Waals surface area contributed by atoms with Gasteiger partial charge >= 0.3 is 5.97 Å². The monoisotopic (exact) mass is 523 g/mol. The van der Waals surface area contributed by atoms with Crippen molar-refractivity contribution in [3.8, 4) is 11.1 Å². The molecule has 2 atom stereocenters. The Balaban J connectivity index is 1.56. The predicted octanol–water partition coefficient (Wildman–Crippen LogP) is 4.23. The molecule has 1 aliphatic rings. The highest BCUT2D eigenvalue weighted by Gasteiger charge is 2.68. The smallest absolute Gasteiger partial charge is 0.325 e. The number of aromatic amines is 2.